The first kappa shape index (κ1) is 15.6. The molecule has 0 aromatic heterocycles. The van der Waals surface area contributed by atoms with Crippen molar-refractivity contribution in [2.45, 2.75) is 25.9 Å². The number of piperazine rings is 1. The van der Waals surface area contributed by atoms with E-state index in [1.165, 1.54) is 4.90 Å². The van der Waals surface area contributed by atoms with E-state index in [0.717, 1.165) is 0 Å². The van der Waals surface area contributed by atoms with Crippen LogP contribution in [0.25, 0.3) is 0 Å². The highest BCUT2D eigenvalue weighted by Gasteiger charge is 2.39. The number of hydrogen-bond donors (Lipinski definition) is 0. The summed E-state index contributed by atoms with van der Waals surface area (Å²) in [6.07, 6.45) is 0. The Balaban J connectivity index is 1.94. The predicted octanol–water partition coefficient (Wildman–Crippen LogP) is 1.80. The average Bonchev–Trinajstić information content (AvgIpc) is 2.48. The first-order valence-corrected chi connectivity index (χ1v) is 7.25. The Morgan fingerprint density at radius 1 is 1.10 bits per heavy atom. The van der Waals surface area contributed by atoms with Gasteiger partial charge in [-0.15, -0.1) is 0 Å². The van der Waals surface area contributed by atoms with E-state index in [2.05, 4.69) is 0 Å². The molecule has 114 valence electrons. The number of benzene rings is 1. The van der Waals surface area contributed by atoms with Crippen LogP contribution in [0.2, 0.25) is 5.02 Å². The Morgan fingerprint density at radius 2 is 1.71 bits per heavy atom. The molecule has 0 saturated carbocycles. The molecule has 0 radical (unpaired) electrons. The summed E-state index contributed by atoms with van der Waals surface area (Å²) < 4.78 is 5.58. The van der Waals surface area contributed by atoms with E-state index in [1.54, 1.807) is 50.1 Å². The smallest absolute Gasteiger partial charge is 0.245 e. The van der Waals surface area contributed by atoms with E-state index >= 15 is 0 Å². The van der Waals surface area contributed by atoms with E-state index < -0.39 is 12.1 Å². The van der Waals surface area contributed by atoms with Gasteiger partial charge in [-0.25, -0.2) is 0 Å². The minimum Gasteiger partial charge on any atom is -0.492 e. The maximum atomic E-state index is 12.2. The van der Waals surface area contributed by atoms with Crippen molar-refractivity contribution < 1.29 is 14.3 Å². The fraction of sp³-hybridized carbons (Fsp3) is 0.467. The van der Waals surface area contributed by atoms with Gasteiger partial charge in [-0.3, -0.25) is 9.59 Å². The summed E-state index contributed by atoms with van der Waals surface area (Å²) in [6, 6.07) is 6.14. The molecular formula is C15H19ClN2O3. The highest BCUT2D eigenvalue weighted by Crippen LogP contribution is 2.18. The maximum Gasteiger partial charge on any atom is 0.245 e. The molecule has 1 heterocycles. The minimum absolute atomic E-state index is 0.0476. The van der Waals surface area contributed by atoms with Crippen LogP contribution < -0.4 is 4.74 Å². The fourth-order valence-corrected chi connectivity index (χ4v) is 2.44. The molecule has 2 rings (SSSR count). The highest BCUT2D eigenvalue weighted by atomic mass is 35.5. The molecule has 0 N–H and O–H groups in total. The molecule has 21 heavy (non-hydrogen) atoms. The zero-order valence-corrected chi connectivity index (χ0v) is 13.1. The lowest BCUT2D eigenvalue weighted by molar-refractivity contribution is -0.158. The van der Waals surface area contributed by atoms with Crippen LogP contribution in [0, 0.1) is 0 Å². The lowest BCUT2D eigenvalue weighted by atomic mass is 10.1. The molecule has 2 atom stereocenters. The monoisotopic (exact) mass is 310 g/mol. The van der Waals surface area contributed by atoms with Gasteiger partial charge in [-0.1, -0.05) is 11.6 Å². The summed E-state index contributed by atoms with van der Waals surface area (Å²) in [7, 11) is 1.66. The van der Waals surface area contributed by atoms with Crippen molar-refractivity contribution in [3.8, 4) is 5.75 Å². The van der Waals surface area contributed by atoms with Gasteiger partial charge in [0, 0.05) is 12.1 Å². The Bertz CT molecular complexity index is 532. The van der Waals surface area contributed by atoms with Crippen molar-refractivity contribution in [1.29, 1.82) is 0 Å². The van der Waals surface area contributed by atoms with Gasteiger partial charge in [0.05, 0.1) is 6.54 Å². The Kier molecular flexibility index (Phi) is 4.73. The van der Waals surface area contributed by atoms with E-state index in [1.807, 2.05) is 0 Å². The summed E-state index contributed by atoms with van der Waals surface area (Å²) >= 11 is 5.80. The van der Waals surface area contributed by atoms with E-state index in [4.69, 9.17) is 16.3 Å². The number of amides is 2. The van der Waals surface area contributed by atoms with Gasteiger partial charge < -0.3 is 14.5 Å². The Morgan fingerprint density at radius 3 is 2.33 bits per heavy atom. The van der Waals surface area contributed by atoms with Crippen molar-refractivity contribution in [2.24, 2.45) is 0 Å². The molecule has 6 heteroatoms. The number of likely N-dealkylation sites (N-methyl/N-ethyl adjacent to an activating group) is 1. The van der Waals surface area contributed by atoms with Crippen molar-refractivity contribution in [1.82, 2.24) is 9.80 Å². The third-order valence-corrected chi connectivity index (χ3v) is 4.06. The van der Waals surface area contributed by atoms with Gasteiger partial charge in [-0.05, 0) is 38.1 Å². The summed E-state index contributed by atoms with van der Waals surface area (Å²) in [4.78, 5) is 27.3. The highest BCUT2D eigenvalue weighted by molar-refractivity contribution is 6.30. The number of hydrogen-bond acceptors (Lipinski definition) is 3. The van der Waals surface area contributed by atoms with Crippen LogP contribution in [0.5, 0.6) is 5.75 Å². The predicted molar refractivity (Wildman–Crippen MR) is 80.4 cm³/mol. The summed E-state index contributed by atoms with van der Waals surface area (Å²) in [5.74, 6) is 0.589. The van der Waals surface area contributed by atoms with E-state index in [0.29, 0.717) is 23.9 Å². The molecule has 5 nitrogen and oxygen atoms in total. The molecule has 2 amide bonds. The second-order valence-corrected chi connectivity index (χ2v) is 5.57. The quantitative estimate of drug-likeness (QED) is 0.852. The lowest BCUT2D eigenvalue weighted by Crippen LogP contribution is -2.62. The first-order chi connectivity index (χ1) is 9.91. The van der Waals surface area contributed by atoms with Crippen molar-refractivity contribution >= 4 is 23.4 Å². The molecular weight excluding hydrogens is 292 g/mol. The van der Waals surface area contributed by atoms with Crippen molar-refractivity contribution in [3.63, 3.8) is 0 Å². The SMILES string of the molecule is C[C@H]1C(=O)N(CCOc2ccc(Cl)cc2)[C@@H](C)C(=O)N1C. The number of rotatable bonds is 4. The standard InChI is InChI=1S/C15H19ClN2O3/c1-10-15(20)18(11(2)14(19)17(10)3)8-9-21-13-6-4-12(16)5-7-13/h4-7,10-11H,8-9H2,1-3H3/t10-,11-/m0/s1. The molecule has 0 aliphatic carbocycles. The largest absolute Gasteiger partial charge is 0.492 e. The van der Waals surface area contributed by atoms with Crippen molar-refractivity contribution in [3.05, 3.63) is 29.3 Å². The van der Waals surface area contributed by atoms with Crippen LogP contribution in [0.4, 0.5) is 0 Å². The van der Waals surface area contributed by atoms with E-state index in [9.17, 15) is 9.59 Å². The molecule has 1 aliphatic rings. The number of ether oxygens (including phenoxy) is 1. The second-order valence-electron chi connectivity index (χ2n) is 5.14. The lowest BCUT2D eigenvalue weighted by Gasteiger charge is -2.40. The number of carbonyl (C=O) groups is 2. The van der Waals surface area contributed by atoms with Gasteiger partial charge in [0.1, 0.15) is 24.4 Å². The van der Waals surface area contributed by atoms with Crippen LogP contribution in [0.3, 0.4) is 0 Å². The number of halogens is 1. The van der Waals surface area contributed by atoms with Gasteiger partial charge in [0.25, 0.3) is 0 Å². The maximum absolute atomic E-state index is 12.2. The van der Waals surface area contributed by atoms with Crippen LogP contribution in [-0.4, -0.2) is 53.9 Å². The van der Waals surface area contributed by atoms with Crippen LogP contribution in [-0.2, 0) is 9.59 Å². The van der Waals surface area contributed by atoms with Crippen LogP contribution in [0.15, 0.2) is 24.3 Å². The second kappa shape index (κ2) is 6.35. The summed E-state index contributed by atoms with van der Waals surface area (Å²) in [5, 5.41) is 0.643. The summed E-state index contributed by atoms with van der Waals surface area (Å²) in [5.41, 5.74) is 0. The molecule has 1 aromatic rings. The molecule has 0 unspecified atom stereocenters. The van der Waals surface area contributed by atoms with Gasteiger partial charge in [0.2, 0.25) is 11.8 Å². The molecule has 1 fully saturated rings. The van der Waals surface area contributed by atoms with Crippen molar-refractivity contribution in [2.75, 3.05) is 20.2 Å². The van der Waals surface area contributed by atoms with Crippen LogP contribution in [0.1, 0.15) is 13.8 Å². The minimum atomic E-state index is -0.451. The first-order valence-electron chi connectivity index (χ1n) is 6.87. The topological polar surface area (TPSA) is 49.9 Å². The fourth-order valence-electron chi connectivity index (χ4n) is 2.31. The molecule has 1 aliphatic heterocycles. The Labute approximate surface area is 129 Å². The average molecular weight is 311 g/mol. The third-order valence-electron chi connectivity index (χ3n) is 3.81. The molecule has 0 spiro atoms. The molecule has 1 saturated heterocycles. The summed E-state index contributed by atoms with van der Waals surface area (Å²) in [6.45, 7) is 4.19. The Hall–Kier alpha value is -1.75. The molecule has 0 bridgehead atoms. The zero-order chi connectivity index (χ0) is 15.6. The number of nitrogens with zero attached hydrogens (tertiary/aromatic N) is 2. The number of carbonyl (C=O) groups excluding carboxylic acids is 2. The van der Waals surface area contributed by atoms with Crippen LogP contribution >= 0.6 is 11.6 Å². The zero-order valence-electron chi connectivity index (χ0n) is 12.4. The third kappa shape index (κ3) is 3.29. The molecule has 1 aromatic carbocycles. The van der Waals surface area contributed by atoms with E-state index in [-0.39, 0.29) is 11.8 Å². The van der Waals surface area contributed by atoms with Gasteiger partial charge in [-0.2, -0.15) is 0 Å². The van der Waals surface area contributed by atoms with Gasteiger partial charge >= 0.3 is 0 Å². The normalized spacial score (nSPS) is 22.7. The van der Waals surface area contributed by atoms with Gasteiger partial charge in [0.15, 0.2) is 0 Å².